The Kier molecular flexibility index (Phi) is 10.9. The maximum atomic E-state index is 6.53. The summed E-state index contributed by atoms with van der Waals surface area (Å²) in [5, 5.41) is 0. The molecule has 0 spiro atoms. The Morgan fingerprint density at radius 2 is 1.19 bits per heavy atom. The minimum absolute atomic E-state index is 0.0191. The van der Waals surface area contributed by atoms with Gasteiger partial charge in [0.15, 0.2) is 11.5 Å². The summed E-state index contributed by atoms with van der Waals surface area (Å²) >= 11 is 0. The SMILES string of the molecule is COc1c2cc(c(OCc3ccccc3)c1OC)CC/C=C/C(OCc1ccccc1)CCc1ccc(OCc3ccccc3)c-2c1. The Hall–Kier alpha value is -5.00. The standard InChI is InChI=1S/C42H42O5/c1-43-41-38-27-35(40(42(41)44-2)47-30-34-18-10-5-11-19-34)20-12-13-21-36(45-28-32-14-6-3-7-15-32)24-22-31-23-25-39(37(38)26-31)46-29-33-16-8-4-9-17-33/h3-11,13-19,21,23,25-27,36H,12,20,22,24,28-30H2,1-2H3/b21-13+. The number of hydrogen-bond acceptors (Lipinski definition) is 5. The Labute approximate surface area is 278 Å². The van der Waals surface area contributed by atoms with Crippen molar-refractivity contribution in [1.82, 2.24) is 0 Å². The Morgan fingerprint density at radius 3 is 1.83 bits per heavy atom. The van der Waals surface area contributed by atoms with Gasteiger partial charge in [-0.15, -0.1) is 0 Å². The lowest BCUT2D eigenvalue weighted by Crippen LogP contribution is -2.11. The second-order valence-electron chi connectivity index (χ2n) is 11.7. The zero-order valence-electron chi connectivity index (χ0n) is 27.2. The molecule has 5 aromatic carbocycles. The molecule has 0 N–H and O–H groups in total. The Morgan fingerprint density at radius 1 is 0.574 bits per heavy atom. The third kappa shape index (κ3) is 8.24. The van der Waals surface area contributed by atoms with Crippen molar-refractivity contribution in [3.8, 4) is 34.1 Å². The fraction of sp³-hybridized carbons (Fsp3) is 0.238. The predicted molar refractivity (Wildman–Crippen MR) is 187 cm³/mol. The van der Waals surface area contributed by atoms with Gasteiger partial charge in [-0.3, -0.25) is 0 Å². The molecule has 5 heteroatoms. The summed E-state index contributed by atoms with van der Waals surface area (Å²) in [6.07, 6.45) is 7.70. The molecule has 47 heavy (non-hydrogen) atoms. The van der Waals surface area contributed by atoms with Crippen molar-refractivity contribution in [2.24, 2.45) is 0 Å². The molecular formula is C42H42O5. The van der Waals surface area contributed by atoms with Gasteiger partial charge in [-0.1, -0.05) is 109 Å². The number of methoxy groups -OCH3 is 2. The predicted octanol–water partition coefficient (Wildman–Crippen LogP) is 9.55. The summed E-state index contributed by atoms with van der Waals surface area (Å²) in [6, 6.07) is 39.4. The van der Waals surface area contributed by atoms with Crippen LogP contribution in [0.3, 0.4) is 0 Å². The third-order valence-corrected chi connectivity index (χ3v) is 8.43. The van der Waals surface area contributed by atoms with E-state index in [1.165, 1.54) is 11.1 Å². The maximum Gasteiger partial charge on any atom is 0.204 e. The zero-order chi connectivity index (χ0) is 32.3. The number of allylic oxidation sites excluding steroid dienone is 1. The quantitative estimate of drug-likeness (QED) is 0.137. The molecule has 0 aromatic heterocycles. The van der Waals surface area contributed by atoms with Crippen molar-refractivity contribution in [2.75, 3.05) is 14.2 Å². The largest absolute Gasteiger partial charge is 0.492 e. The van der Waals surface area contributed by atoms with Gasteiger partial charge in [0.2, 0.25) is 5.75 Å². The van der Waals surface area contributed by atoms with Crippen molar-refractivity contribution >= 4 is 0 Å². The third-order valence-electron chi connectivity index (χ3n) is 8.43. The van der Waals surface area contributed by atoms with Gasteiger partial charge in [0.1, 0.15) is 19.0 Å². The normalized spacial score (nSPS) is 15.0. The summed E-state index contributed by atoms with van der Waals surface area (Å²) < 4.78 is 31.6. The monoisotopic (exact) mass is 626 g/mol. The topological polar surface area (TPSA) is 46.2 Å². The summed E-state index contributed by atoms with van der Waals surface area (Å²) in [7, 11) is 3.36. The van der Waals surface area contributed by atoms with Crippen LogP contribution in [-0.4, -0.2) is 20.3 Å². The minimum atomic E-state index is -0.0191. The fourth-order valence-electron chi connectivity index (χ4n) is 5.95. The highest BCUT2D eigenvalue weighted by molar-refractivity contribution is 5.82. The molecule has 1 aliphatic carbocycles. The van der Waals surface area contributed by atoms with Crippen LogP contribution in [0.2, 0.25) is 0 Å². The van der Waals surface area contributed by atoms with Gasteiger partial charge < -0.3 is 23.7 Å². The summed E-state index contributed by atoms with van der Waals surface area (Å²) in [4.78, 5) is 0. The molecule has 5 nitrogen and oxygen atoms in total. The average Bonchev–Trinajstić information content (AvgIpc) is 3.14. The zero-order valence-corrected chi connectivity index (χ0v) is 27.2. The molecule has 1 aliphatic rings. The van der Waals surface area contributed by atoms with Gasteiger partial charge in [0.05, 0.1) is 26.9 Å². The van der Waals surface area contributed by atoms with Crippen LogP contribution in [0.4, 0.5) is 0 Å². The summed E-state index contributed by atoms with van der Waals surface area (Å²) in [5.41, 5.74) is 7.46. The lowest BCUT2D eigenvalue weighted by Gasteiger charge is -2.22. The smallest absolute Gasteiger partial charge is 0.204 e. The average molecular weight is 627 g/mol. The van der Waals surface area contributed by atoms with Crippen molar-refractivity contribution < 1.29 is 23.7 Å². The molecule has 6 rings (SSSR count). The highest BCUT2D eigenvalue weighted by Crippen LogP contribution is 2.49. The van der Waals surface area contributed by atoms with Crippen molar-refractivity contribution in [2.45, 2.75) is 51.6 Å². The molecule has 0 amide bonds. The van der Waals surface area contributed by atoms with E-state index in [0.717, 1.165) is 59.3 Å². The second-order valence-corrected chi connectivity index (χ2v) is 11.7. The van der Waals surface area contributed by atoms with Crippen LogP contribution in [-0.2, 0) is 37.4 Å². The van der Waals surface area contributed by atoms with Crippen LogP contribution in [0.5, 0.6) is 23.0 Å². The van der Waals surface area contributed by atoms with Crippen molar-refractivity contribution in [1.29, 1.82) is 0 Å². The highest BCUT2D eigenvalue weighted by Gasteiger charge is 2.25. The van der Waals surface area contributed by atoms with Gasteiger partial charge in [0, 0.05) is 11.1 Å². The van der Waals surface area contributed by atoms with Gasteiger partial charge in [-0.25, -0.2) is 0 Å². The van der Waals surface area contributed by atoms with E-state index in [4.69, 9.17) is 23.7 Å². The second kappa shape index (κ2) is 16.0. The van der Waals surface area contributed by atoms with Gasteiger partial charge >= 0.3 is 0 Å². The maximum absolute atomic E-state index is 6.53. The fourth-order valence-corrected chi connectivity index (χ4v) is 5.95. The number of benzene rings is 5. The molecule has 5 aromatic rings. The first-order valence-corrected chi connectivity index (χ1v) is 16.3. The van der Waals surface area contributed by atoms with Crippen LogP contribution in [0.15, 0.2) is 127 Å². The van der Waals surface area contributed by atoms with Gasteiger partial charge in [0.25, 0.3) is 0 Å². The lowest BCUT2D eigenvalue weighted by molar-refractivity contribution is 0.0665. The van der Waals surface area contributed by atoms with Crippen molar-refractivity contribution in [3.05, 3.63) is 155 Å². The number of fused-ring (bicyclic) bond motifs is 5. The summed E-state index contributed by atoms with van der Waals surface area (Å²) in [6.45, 7) is 1.44. The Balaban J connectivity index is 1.40. The number of ether oxygens (including phenoxy) is 5. The van der Waals surface area contributed by atoms with Crippen LogP contribution in [0, 0.1) is 0 Å². The number of rotatable bonds is 11. The number of aryl methyl sites for hydroxylation is 2. The van der Waals surface area contributed by atoms with E-state index in [2.05, 4.69) is 84.9 Å². The first kappa shape index (κ1) is 32.0. The Bertz CT molecular complexity index is 1750. The number of hydrogen-bond donors (Lipinski definition) is 0. The molecule has 0 aliphatic heterocycles. The van der Waals surface area contributed by atoms with Crippen LogP contribution < -0.4 is 18.9 Å². The minimum Gasteiger partial charge on any atom is -0.492 e. The molecule has 240 valence electrons. The molecule has 0 radical (unpaired) electrons. The molecule has 1 unspecified atom stereocenters. The van der Waals surface area contributed by atoms with Gasteiger partial charge in [-0.2, -0.15) is 0 Å². The lowest BCUT2D eigenvalue weighted by atomic mass is 9.95. The summed E-state index contributed by atoms with van der Waals surface area (Å²) in [5.74, 6) is 2.68. The van der Waals surface area contributed by atoms with E-state index in [1.807, 2.05) is 42.5 Å². The molecular weight excluding hydrogens is 584 g/mol. The molecule has 0 saturated heterocycles. The van der Waals surface area contributed by atoms with E-state index in [1.54, 1.807) is 14.2 Å². The van der Waals surface area contributed by atoms with Crippen LogP contribution in [0.1, 0.15) is 40.7 Å². The molecule has 0 fully saturated rings. The van der Waals surface area contributed by atoms with Crippen LogP contribution in [0.25, 0.3) is 11.1 Å². The molecule has 1 atom stereocenters. The molecule has 4 bridgehead atoms. The highest BCUT2D eigenvalue weighted by atomic mass is 16.5. The molecule has 0 heterocycles. The van der Waals surface area contributed by atoms with Gasteiger partial charge in [-0.05, 0) is 71.7 Å². The van der Waals surface area contributed by atoms with E-state index < -0.39 is 0 Å². The van der Waals surface area contributed by atoms with E-state index >= 15 is 0 Å². The van der Waals surface area contributed by atoms with E-state index in [9.17, 15) is 0 Å². The van der Waals surface area contributed by atoms with Crippen LogP contribution >= 0.6 is 0 Å². The van der Waals surface area contributed by atoms with E-state index in [0.29, 0.717) is 37.1 Å². The molecule has 0 saturated carbocycles. The first-order chi connectivity index (χ1) is 23.2. The first-order valence-electron chi connectivity index (χ1n) is 16.3. The van der Waals surface area contributed by atoms with Crippen molar-refractivity contribution in [3.63, 3.8) is 0 Å². The van der Waals surface area contributed by atoms with E-state index in [-0.39, 0.29) is 6.10 Å².